The van der Waals surface area contributed by atoms with E-state index in [1.165, 1.54) is 7.11 Å². The van der Waals surface area contributed by atoms with Gasteiger partial charge in [0.1, 0.15) is 6.61 Å². The van der Waals surface area contributed by atoms with Crippen molar-refractivity contribution in [3.05, 3.63) is 89.5 Å². The summed E-state index contributed by atoms with van der Waals surface area (Å²) in [7, 11) is 1.30. The maximum atomic E-state index is 12.7. The number of alkyl carbamates (subject to hydrolysis) is 1. The lowest BCUT2D eigenvalue weighted by Gasteiger charge is -2.24. The first kappa shape index (κ1) is 26.8. The van der Waals surface area contributed by atoms with Gasteiger partial charge < -0.3 is 19.7 Å². The van der Waals surface area contributed by atoms with Crippen molar-refractivity contribution in [3.8, 4) is 11.1 Å². The molecule has 2 amide bonds. The highest BCUT2D eigenvalue weighted by Crippen LogP contribution is 2.44. The minimum absolute atomic E-state index is 0.0460. The number of anilines is 1. The lowest BCUT2D eigenvalue weighted by Crippen LogP contribution is -2.43. The van der Waals surface area contributed by atoms with Gasteiger partial charge in [0, 0.05) is 30.3 Å². The van der Waals surface area contributed by atoms with Crippen LogP contribution in [0.2, 0.25) is 0 Å². The van der Waals surface area contributed by atoms with Gasteiger partial charge in [0.2, 0.25) is 0 Å². The monoisotopic (exact) mass is 531 g/mol. The third-order valence-corrected chi connectivity index (χ3v) is 6.72. The second kappa shape index (κ2) is 12.3. The van der Waals surface area contributed by atoms with E-state index in [0.29, 0.717) is 17.8 Å². The van der Waals surface area contributed by atoms with Gasteiger partial charge in [0.05, 0.1) is 13.5 Å². The highest BCUT2D eigenvalue weighted by molar-refractivity contribution is 7.80. The molecule has 0 saturated heterocycles. The molecule has 1 aliphatic rings. The number of ether oxygens (including phenoxy) is 2. The Labute approximate surface area is 226 Å². The fourth-order valence-corrected chi connectivity index (χ4v) is 4.83. The third kappa shape index (κ3) is 6.00. The van der Waals surface area contributed by atoms with Crippen LogP contribution in [0, 0.1) is 0 Å². The molecule has 0 spiro atoms. The van der Waals surface area contributed by atoms with Crippen molar-refractivity contribution in [2.75, 3.05) is 31.7 Å². The zero-order valence-electron chi connectivity index (χ0n) is 21.2. The van der Waals surface area contributed by atoms with Crippen molar-refractivity contribution >= 4 is 41.0 Å². The molecule has 0 aliphatic heterocycles. The fraction of sp³-hybridized carbons (Fsp3) is 0.241. The van der Waals surface area contributed by atoms with Crippen molar-refractivity contribution in [2.24, 2.45) is 0 Å². The van der Waals surface area contributed by atoms with Crippen molar-refractivity contribution in [1.29, 1.82) is 0 Å². The van der Waals surface area contributed by atoms with E-state index in [1.807, 2.05) is 31.2 Å². The summed E-state index contributed by atoms with van der Waals surface area (Å²) in [5.74, 6) is -0.741. The number of carbonyl (C=O) groups is 3. The molecular weight excluding hydrogens is 502 g/mol. The van der Waals surface area contributed by atoms with Crippen molar-refractivity contribution in [1.82, 2.24) is 10.6 Å². The first-order valence-electron chi connectivity index (χ1n) is 12.3. The van der Waals surface area contributed by atoms with E-state index in [9.17, 15) is 14.4 Å². The number of hydrogen-bond acceptors (Lipinski definition) is 6. The zero-order chi connectivity index (χ0) is 27.1. The van der Waals surface area contributed by atoms with E-state index in [0.717, 1.165) is 22.3 Å². The first-order chi connectivity index (χ1) is 18.4. The number of nitrogens with zero attached hydrogens (tertiary/aromatic N) is 1. The summed E-state index contributed by atoms with van der Waals surface area (Å²) >= 11 is 5.48. The topological polar surface area (TPSA) is 97.0 Å². The summed E-state index contributed by atoms with van der Waals surface area (Å²) in [6.07, 6.45) is -0.531. The molecule has 2 N–H and O–H groups in total. The first-order valence-corrected chi connectivity index (χ1v) is 12.7. The second-order valence-electron chi connectivity index (χ2n) is 8.63. The molecule has 3 aromatic rings. The minimum atomic E-state index is -0.628. The highest BCUT2D eigenvalue weighted by Gasteiger charge is 2.29. The van der Waals surface area contributed by atoms with Gasteiger partial charge in [0.15, 0.2) is 5.11 Å². The Kier molecular flexibility index (Phi) is 8.70. The largest absolute Gasteiger partial charge is 0.469 e. The number of methoxy groups -OCH3 is 1. The molecule has 0 atom stereocenters. The van der Waals surface area contributed by atoms with Crippen molar-refractivity contribution in [3.63, 3.8) is 0 Å². The zero-order valence-corrected chi connectivity index (χ0v) is 22.0. The standard InChI is InChI=1S/C29H29N3O5S/c1-3-32(20-14-12-19(13-15-20)27(34)30-17-16-26(33)36-2)28(38)31-29(35)37-18-25-23-10-6-4-8-21(23)22-9-5-7-11-24(22)25/h4-15,25H,3,16-18H2,1-2H3,(H,30,34)(H,31,35,38). The number of rotatable bonds is 8. The van der Waals surface area contributed by atoms with Crippen molar-refractivity contribution < 1.29 is 23.9 Å². The number of thiocarbonyl (C=S) groups is 1. The summed E-state index contributed by atoms with van der Waals surface area (Å²) in [6, 6.07) is 23.1. The predicted octanol–water partition coefficient (Wildman–Crippen LogP) is 4.63. The van der Waals surface area contributed by atoms with E-state index < -0.39 is 12.1 Å². The highest BCUT2D eigenvalue weighted by atomic mass is 32.1. The van der Waals surface area contributed by atoms with Gasteiger partial charge >= 0.3 is 12.1 Å². The Balaban J connectivity index is 1.33. The van der Waals surface area contributed by atoms with Gasteiger partial charge in [-0.3, -0.25) is 14.9 Å². The lowest BCUT2D eigenvalue weighted by atomic mass is 9.98. The quantitative estimate of drug-likeness (QED) is 0.323. The normalized spacial score (nSPS) is 11.6. The molecule has 196 valence electrons. The van der Waals surface area contributed by atoms with E-state index in [-0.39, 0.29) is 36.5 Å². The summed E-state index contributed by atoms with van der Waals surface area (Å²) < 4.78 is 10.2. The second-order valence-corrected chi connectivity index (χ2v) is 9.02. The number of esters is 1. The van der Waals surface area contributed by atoms with Crippen LogP contribution in [0.1, 0.15) is 40.7 Å². The molecule has 0 heterocycles. The Morgan fingerprint density at radius 1 is 0.921 bits per heavy atom. The molecule has 0 saturated carbocycles. The van der Waals surface area contributed by atoms with Crippen LogP contribution in [-0.2, 0) is 14.3 Å². The third-order valence-electron chi connectivity index (χ3n) is 6.40. The molecule has 3 aromatic carbocycles. The number of benzene rings is 3. The van der Waals surface area contributed by atoms with Crippen LogP contribution < -0.4 is 15.5 Å². The van der Waals surface area contributed by atoms with Gasteiger partial charge in [-0.25, -0.2) is 4.79 Å². The Morgan fingerprint density at radius 2 is 1.53 bits per heavy atom. The number of hydrogen-bond donors (Lipinski definition) is 2. The number of nitrogens with one attached hydrogen (secondary N) is 2. The smallest absolute Gasteiger partial charge is 0.413 e. The lowest BCUT2D eigenvalue weighted by molar-refractivity contribution is -0.140. The average molecular weight is 532 g/mol. The molecule has 0 radical (unpaired) electrons. The van der Waals surface area contributed by atoms with Crippen LogP contribution in [0.4, 0.5) is 10.5 Å². The van der Waals surface area contributed by atoms with E-state index in [2.05, 4.69) is 39.6 Å². The minimum Gasteiger partial charge on any atom is -0.469 e. The van der Waals surface area contributed by atoms with Crippen LogP contribution in [0.5, 0.6) is 0 Å². The molecule has 8 nitrogen and oxygen atoms in total. The summed E-state index contributed by atoms with van der Waals surface area (Å²) in [4.78, 5) is 37.9. The summed E-state index contributed by atoms with van der Waals surface area (Å²) in [6.45, 7) is 2.77. The van der Waals surface area contributed by atoms with Gasteiger partial charge in [-0.15, -0.1) is 0 Å². The van der Waals surface area contributed by atoms with Crippen molar-refractivity contribution in [2.45, 2.75) is 19.3 Å². The van der Waals surface area contributed by atoms with Crippen LogP contribution in [0.25, 0.3) is 11.1 Å². The maximum absolute atomic E-state index is 12.7. The number of amides is 2. The molecule has 38 heavy (non-hydrogen) atoms. The van der Waals surface area contributed by atoms with Gasteiger partial charge in [0.25, 0.3) is 5.91 Å². The van der Waals surface area contributed by atoms with Crippen LogP contribution >= 0.6 is 12.2 Å². The van der Waals surface area contributed by atoms with Gasteiger partial charge in [-0.2, -0.15) is 0 Å². The van der Waals surface area contributed by atoms with Crippen LogP contribution in [0.3, 0.4) is 0 Å². The molecule has 0 bridgehead atoms. The van der Waals surface area contributed by atoms with Gasteiger partial charge in [-0.05, 0) is 65.7 Å². The molecule has 9 heteroatoms. The van der Waals surface area contributed by atoms with Crippen LogP contribution in [-0.4, -0.2) is 49.9 Å². The molecule has 0 fully saturated rings. The fourth-order valence-electron chi connectivity index (χ4n) is 4.51. The molecule has 1 aliphatic carbocycles. The Hall–Kier alpha value is -4.24. The van der Waals surface area contributed by atoms with E-state index >= 15 is 0 Å². The predicted molar refractivity (Wildman–Crippen MR) is 149 cm³/mol. The Morgan fingerprint density at radius 3 is 2.11 bits per heavy atom. The molecule has 0 unspecified atom stereocenters. The Bertz CT molecular complexity index is 1300. The average Bonchev–Trinajstić information content (AvgIpc) is 3.26. The molecule has 4 rings (SSSR count). The SMILES string of the molecule is CCN(C(=S)NC(=O)OCC1c2ccccc2-c2ccccc21)c1ccc(C(=O)NCCC(=O)OC)cc1. The summed E-state index contributed by atoms with van der Waals surface area (Å²) in [5.41, 5.74) is 5.73. The molecule has 0 aromatic heterocycles. The van der Waals surface area contributed by atoms with Gasteiger partial charge in [-0.1, -0.05) is 48.5 Å². The van der Waals surface area contributed by atoms with Crippen LogP contribution in [0.15, 0.2) is 72.8 Å². The maximum Gasteiger partial charge on any atom is 0.413 e. The molecular formula is C29H29N3O5S. The summed E-state index contributed by atoms with van der Waals surface area (Å²) in [5, 5.41) is 5.52. The number of carbonyl (C=O) groups excluding carboxylic acids is 3. The van der Waals surface area contributed by atoms with E-state index in [1.54, 1.807) is 29.2 Å². The van der Waals surface area contributed by atoms with E-state index in [4.69, 9.17) is 17.0 Å². The number of fused-ring (bicyclic) bond motifs is 3.